The van der Waals surface area contributed by atoms with E-state index in [1.165, 1.54) is 0 Å². The number of aromatic nitrogens is 5. The number of hydrogen-bond donors (Lipinski definition) is 3. The van der Waals surface area contributed by atoms with Crippen molar-refractivity contribution in [1.82, 2.24) is 25.1 Å². The first-order chi connectivity index (χ1) is 13.8. The minimum Gasteiger partial charge on any atom is -0.381 e. The number of rotatable bonds is 6. The van der Waals surface area contributed by atoms with Gasteiger partial charge < -0.3 is 11.1 Å². The van der Waals surface area contributed by atoms with Crippen molar-refractivity contribution in [3.05, 3.63) is 51.7 Å². The molecule has 0 aliphatic heterocycles. The third-order valence-corrected chi connectivity index (χ3v) is 4.57. The molecule has 10 nitrogen and oxygen atoms in total. The number of nitro groups is 1. The maximum Gasteiger partial charge on any atom is 0.323 e. The molecule has 3 aromatic rings. The Morgan fingerprint density at radius 2 is 2.03 bits per heavy atom. The summed E-state index contributed by atoms with van der Waals surface area (Å²) in [6.07, 6.45) is 3.89. The van der Waals surface area contributed by atoms with Crippen molar-refractivity contribution in [2.45, 2.75) is 31.7 Å². The average Bonchev–Trinajstić information content (AvgIpc) is 3.42. The molecule has 0 bridgehead atoms. The van der Waals surface area contributed by atoms with Gasteiger partial charge >= 0.3 is 5.69 Å². The van der Waals surface area contributed by atoms with Gasteiger partial charge in [-0.25, -0.2) is 23.7 Å². The van der Waals surface area contributed by atoms with E-state index in [2.05, 4.69) is 30.5 Å². The largest absolute Gasteiger partial charge is 0.381 e. The van der Waals surface area contributed by atoms with E-state index in [0.29, 0.717) is 5.92 Å². The van der Waals surface area contributed by atoms with Crippen molar-refractivity contribution in [2.24, 2.45) is 0 Å². The number of anilines is 2. The number of hydrogen-bond acceptors (Lipinski definition) is 8. The Hall–Kier alpha value is -3.70. The Morgan fingerprint density at radius 1 is 1.34 bits per heavy atom. The Labute approximate surface area is 162 Å². The Balaban J connectivity index is 1.78. The summed E-state index contributed by atoms with van der Waals surface area (Å²) >= 11 is 0. The molecular weight excluding hydrogens is 386 g/mol. The molecule has 29 heavy (non-hydrogen) atoms. The van der Waals surface area contributed by atoms with Crippen LogP contribution in [-0.2, 0) is 0 Å². The fourth-order valence-corrected chi connectivity index (χ4v) is 2.97. The molecule has 0 unspecified atom stereocenters. The van der Waals surface area contributed by atoms with E-state index in [1.54, 1.807) is 13.0 Å². The van der Waals surface area contributed by atoms with E-state index >= 15 is 0 Å². The highest BCUT2D eigenvalue weighted by molar-refractivity contribution is 5.81. The maximum absolute atomic E-state index is 14.8. The molecule has 4 N–H and O–H groups in total. The summed E-state index contributed by atoms with van der Waals surface area (Å²) in [6, 6.07) is 0.888. The zero-order valence-corrected chi connectivity index (χ0v) is 15.2. The molecule has 0 saturated heterocycles. The zero-order chi connectivity index (χ0) is 20.7. The van der Waals surface area contributed by atoms with Crippen LogP contribution < -0.4 is 11.1 Å². The highest BCUT2D eigenvalue weighted by Gasteiger charge is 2.33. The van der Waals surface area contributed by atoms with Gasteiger partial charge in [-0.1, -0.05) is 0 Å². The van der Waals surface area contributed by atoms with Crippen molar-refractivity contribution in [3.8, 4) is 11.3 Å². The number of pyridine rings is 1. The Kier molecular flexibility index (Phi) is 4.53. The van der Waals surface area contributed by atoms with Crippen molar-refractivity contribution < 1.29 is 13.7 Å². The van der Waals surface area contributed by atoms with E-state index < -0.39 is 34.1 Å². The maximum atomic E-state index is 14.8. The van der Waals surface area contributed by atoms with Crippen LogP contribution in [0.15, 0.2) is 18.5 Å². The third kappa shape index (κ3) is 3.56. The van der Waals surface area contributed by atoms with E-state index in [1.807, 2.05) is 0 Å². The lowest BCUT2D eigenvalue weighted by molar-refractivity contribution is -0.383. The van der Waals surface area contributed by atoms with Gasteiger partial charge in [-0.2, -0.15) is 5.10 Å². The second-order valence-corrected chi connectivity index (χ2v) is 6.75. The highest BCUT2D eigenvalue weighted by Crippen LogP contribution is 2.43. The van der Waals surface area contributed by atoms with E-state index in [0.717, 1.165) is 30.9 Å². The lowest BCUT2D eigenvalue weighted by atomic mass is 10.1. The summed E-state index contributed by atoms with van der Waals surface area (Å²) in [6.45, 7) is 1.59. The second kappa shape index (κ2) is 7.04. The minimum atomic E-state index is -1.03. The SMILES string of the molecule is C[C@H](Nc1nc(N)c(F)c(-c2cc(C3CC3)[nH]n2)c1[N+](=O)[O-])c1ncc(F)cn1. The average molecular weight is 402 g/mol. The third-order valence-electron chi connectivity index (χ3n) is 4.57. The van der Waals surface area contributed by atoms with Crippen LogP contribution in [0.1, 0.15) is 43.2 Å². The van der Waals surface area contributed by atoms with Crippen molar-refractivity contribution in [2.75, 3.05) is 11.1 Å². The topological polar surface area (TPSA) is 149 Å². The summed E-state index contributed by atoms with van der Waals surface area (Å²) in [4.78, 5) is 22.5. The lowest BCUT2D eigenvalue weighted by Gasteiger charge is -2.15. The van der Waals surface area contributed by atoms with Gasteiger partial charge in [-0.15, -0.1) is 0 Å². The summed E-state index contributed by atoms with van der Waals surface area (Å²) in [5.74, 6) is -1.96. The molecule has 12 heteroatoms. The number of aromatic amines is 1. The van der Waals surface area contributed by atoms with E-state index in [4.69, 9.17) is 5.73 Å². The lowest BCUT2D eigenvalue weighted by Crippen LogP contribution is -2.15. The molecule has 3 heterocycles. The fourth-order valence-electron chi connectivity index (χ4n) is 2.97. The molecule has 0 amide bonds. The first kappa shape index (κ1) is 18.7. The molecule has 3 aromatic heterocycles. The molecule has 0 spiro atoms. The van der Waals surface area contributed by atoms with Gasteiger partial charge in [0.2, 0.25) is 5.82 Å². The first-order valence-corrected chi connectivity index (χ1v) is 8.78. The fraction of sp³-hybridized carbons (Fsp3) is 0.294. The number of nitrogens with two attached hydrogens (primary N) is 1. The van der Waals surface area contributed by atoms with Crippen LogP contribution in [0.5, 0.6) is 0 Å². The number of halogens is 2. The van der Waals surface area contributed by atoms with Gasteiger partial charge in [0.15, 0.2) is 17.5 Å². The molecule has 1 atom stereocenters. The zero-order valence-electron chi connectivity index (χ0n) is 15.2. The van der Waals surface area contributed by atoms with Gasteiger partial charge in [-0.3, -0.25) is 15.2 Å². The number of nitrogens with one attached hydrogen (secondary N) is 2. The molecule has 1 fully saturated rings. The van der Waals surface area contributed by atoms with Gasteiger partial charge in [0.1, 0.15) is 17.1 Å². The minimum absolute atomic E-state index is 0.0685. The standard InChI is InChI=1S/C17H16F2N8O2/c1-7(16-21-5-9(18)6-22-16)23-17-14(27(28)29)12(13(19)15(20)24-17)11-4-10(25-26-11)8-2-3-8/h4-8H,2-3H2,1H3,(H,25,26)(H3,20,23,24)/t7-/m0/s1. The summed E-state index contributed by atoms with van der Waals surface area (Å²) in [7, 11) is 0. The first-order valence-electron chi connectivity index (χ1n) is 8.78. The van der Waals surface area contributed by atoms with Crippen LogP contribution in [0.25, 0.3) is 11.3 Å². The number of nitrogen functional groups attached to an aromatic ring is 1. The number of nitrogens with zero attached hydrogens (tertiary/aromatic N) is 5. The van der Waals surface area contributed by atoms with Crippen LogP contribution in [0, 0.1) is 21.7 Å². The molecule has 0 radical (unpaired) electrons. The van der Waals surface area contributed by atoms with E-state index in [9.17, 15) is 18.9 Å². The monoisotopic (exact) mass is 402 g/mol. The molecule has 150 valence electrons. The molecule has 0 aromatic carbocycles. The normalized spacial score (nSPS) is 14.6. The number of H-pyrrole nitrogens is 1. The van der Waals surface area contributed by atoms with Crippen molar-refractivity contribution in [1.29, 1.82) is 0 Å². The molecule has 4 rings (SSSR count). The van der Waals surface area contributed by atoms with Crippen LogP contribution in [0.4, 0.5) is 26.1 Å². The van der Waals surface area contributed by atoms with Crippen molar-refractivity contribution >= 4 is 17.3 Å². The van der Waals surface area contributed by atoms with Crippen molar-refractivity contribution in [3.63, 3.8) is 0 Å². The smallest absolute Gasteiger partial charge is 0.323 e. The molecule has 1 aliphatic carbocycles. The van der Waals surface area contributed by atoms with Crippen LogP contribution in [-0.4, -0.2) is 30.1 Å². The van der Waals surface area contributed by atoms with Gasteiger partial charge in [0.05, 0.1) is 23.4 Å². The highest BCUT2D eigenvalue weighted by atomic mass is 19.1. The summed E-state index contributed by atoms with van der Waals surface area (Å²) in [5.41, 5.74) is 5.55. The Bertz CT molecular complexity index is 1080. The quantitative estimate of drug-likeness (QED) is 0.421. The van der Waals surface area contributed by atoms with Gasteiger partial charge in [0, 0.05) is 11.6 Å². The molecule has 1 saturated carbocycles. The van der Waals surface area contributed by atoms with Gasteiger partial charge in [0.25, 0.3) is 0 Å². The summed E-state index contributed by atoms with van der Waals surface area (Å²) < 4.78 is 27.8. The molecule has 1 aliphatic rings. The van der Waals surface area contributed by atoms with Crippen LogP contribution in [0.3, 0.4) is 0 Å². The second-order valence-electron chi connectivity index (χ2n) is 6.75. The Morgan fingerprint density at radius 3 is 2.66 bits per heavy atom. The predicted molar refractivity (Wildman–Crippen MR) is 98.8 cm³/mol. The summed E-state index contributed by atoms with van der Waals surface area (Å²) in [5, 5.41) is 21.4. The van der Waals surface area contributed by atoms with Crippen LogP contribution >= 0.6 is 0 Å². The van der Waals surface area contributed by atoms with Gasteiger partial charge in [-0.05, 0) is 25.8 Å². The predicted octanol–water partition coefficient (Wildman–Crippen LogP) is 3.08. The van der Waals surface area contributed by atoms with E-state index in [-0.39, 0.29) is 22.9 Å². The van der Waals surface area contributed by atoms with Crippen LogP contribution in [0.2, 0.25) is 0 Å². The molecular formula is C17H16F2N8O2.